The molecule has 0 atom stereocenters. The summed E-state index contributed by atoms with van der Waals surface area (Å²) in [6.07, 6.45) is 0. The zero-order chi connectivity index (χ0) is 19.7. The number of amides is 1. The van der Waals surface area contributed by atoms with Gasteiger partial charge in [-0.25, -0.2) is 0 Å². The summed E-state index contributed by atoms with van der Waals surface area (Å²) in [6.45, 7) is 4.99. The second-order valence-electron chi connectivity index (χ2n) is 6.60. The monoisotopic (exact) mass is 420 g/mol. The van der Waals surface area contributed by atoms with E-state index in [2.05, 4.69) is 15.1 Å². The van der Waals surface area contributed by atoms with Crippen molar-refractivity contribution < 1.29 is 13.6 Å². The molecule has 7 nitrogen and oxygen atoms in total. The first-order chi connectivity index (χ1) is 13.5. The van der Waals surface area contributed by atoms with E-state index in [0.29, 0.717) is 65.9 Å². The molecule has 1 amide bonds. The second-order valence-corrected chi connectivity index (χ2v) is 7.45. The predicted molar refractivity (Wildman–Crippen MR) is 104 cm³/mol. The summed E-state index contributed by atoms with van der Waals surface area (Å²) in [5.41, 5.74) is 0.647. The van der Waals surface area contributed by atoms with Crippen molar-refractivity contribution in [3.05, 3.63) is 57.8 Å². The minimum absolute atomic E-state index is 0.0785. The van der Waals surface area contributed by atoms with E-state index in [4.69, 9.17) is 32.0 Å². The number of aromatic nitrogens is 2. The van der Waals surface area contributed by atoms with Crippen molar-refractivity contribution in [2.24, 2.45) is 0 Å². The maximum atomic E-state index is 12.4. The Hall–Kier alpha value is -2.35. The molecule has 4 rings (SSSR count). The highest BCUT2D eigenvalue weighted by molar-refractivity contribution is 6.36. The Kier molecular flexibility index (Phi) is 5.39. The van der Waals surface area contributed by atoms with Crippen molar-refractivity contribution in [3.8, 4) is 11.5 Å². The molecule has 3 heterocycles. The average molecular weight is 421 g/mol. The number of furan rings is 1. The van der Waals surface area contributed by atoms with Gasteiger partial charge >= 0.3 is 0 Å². The Balaban J connectivity index is 1.35. The summed E-state index contributed by atoms with van der Waals surface area (Å²) in [4.78, 5) is 16.4. The van der Waals surface area contributed by atoms with Crippen LogP contribution in [0.25, 0.3) is 11.5 Å². The molecule has 146 valence electrons. The van der Waals surface area contributed by atoms with Gasteiger partial charge in [0, 0.05) is 31.2 Å². The zero-order valence-corrected chi connectivity index (χ0v) is 16.7. The Bertz CT molecular complexity index is 993. The van der Waals surface area contributed by atoms with Gasteiger partial charge in [-0.15, -0.1) is 10.2 Å². The van der Waals surface area contributed by atoms with Gasteiger partial charge in [0.05, 0.1) is 17.1 Å². The highest BCUT2D eigenvalue weighted by Crippen LogP contribution is 2.29. The summed E-state index contributed by atoms with van der Waals surface area (Å²) in [5, 5.41) is 9.20. The highest BCUT2D eigenvalue weighted by atomic mass is 35.5. The number of aryl methyl sites for hydroxylation is 1. The van der Waals surface area contributed by atoms with E-state index >= 15 is 0 Å². The van der Waals surface area contributed by atoms with Crippen molar-refractivity contribution in [2.75, 3.05) is 26.2 Å². The first-order valence-electron chi connectivity index (χ1n) is 8.85. The molecule has 1 saturated heterocycles. The number of benzene rings is 1. The molecule has 0 N–H and O–H groups in total. The van der Waals surface area contributed by atoms with Crippen LogP contribution >= 0.6 is 23.2 Å². The van der Waals surface area contributed by atoms with Crippen molar-refractivity contribution in [3.63, 3.8) is 0 Å². The van der Waals surface area contributed by atoms with Crippen LogP contribution < -0.4 is 0 Å². The van der Waals surface area contributed by atoms with Crippen LogP contribution in [0.5, 0.6) is 0 Å². The molecule has 1 aliphatic rings. The van der Waals surface area contributed by atoms with E-state index in [0.717, 1.165) is 5.76 Å². The summed E-state index contributed by atoms with van der Waals surface area (Å²) in [6, 6.07) is 8.63. The van der Waals surface area contributed by atoms with Gasteiger partial charge in [-0.1, -0.05) is 23.2 Å². The molecule has 3 aromatic rings. The van der Waals surface area contributed by atoms with Crippen LogP contribution in [0.3, 0.4) is 0 Å². The molecule has 28 heavy (non-hydrogen) atoms. The lowest BCUT2D eigenvalue weighted by Gasteiger charge is -2.33. The molecule has 1 fully saturated rings. The Morgan fingerprint density at radius 2 is 1.86 bits per heavy atom. The number of nitrogens with zero attached hydrogens (tertiary/aromatic N) is 4. The van der Waals surface area contributed by atoms with Gasteiger partial charge < -0.3 is 13.7 Å². The van der Waals surface area contributed by atoms with Crippen molar-refractivity contribution in [1.82, 2.24) is 20.0 Å². The number of carbonyl (C=O) groups excluding carboxylic acids is 1. The van der Waals surface area contributed by atoms with E-state index in [9.17, 15) is 4.79 Å². The zero-order valence-electron chi connectivity index (χ0n) is 15.2. The second kappa shape index (κ2) is 7.95. The van der Waals surface area contributed by atoms with Crippen LogP contribution in [0.4, 0.5) is 0 Å². The molecule has 9 heteroatoms. The van der Waals surface area contributed by atoms with Gasteiger partial charge in [0.25, 0.3) is 5.91 Å². The smallest absolute Gasteiger partial charge is 0.289 e. The van der Waals surface area contributed by atoms with Gasteiger partial charge in [-0.2, -0.15) is 0 Å². The van der Waals surface area contributed by atoms with Gasteiger partial charge in [0.15, 0.2) is 5.76 Å². The number of rotatable bonds is 4. The lowest BCUT2D eigenvalue weighted by atomic mass is 10.2. The molecule has 0 saturated carbocycles. The lowest BCUT2D eigenvalue weighted by molar-refractivity contribution is 0.0586. The Morgan fingerprint density at radius 3 is 2.54 bits per heavy atom. The largest absolute Gasteiger partial charge is 0.456 e. The number of carbonyl (C=O) groups is 1. The van der Waals surface area contributed by atoms with Crippen molar-refractivity contribution in [2.45, 2.75) is 13.5 Å². The number of hydrogen-bond acceptors (Lipinski definition) is 6. The molecule has 2 aromatic heterocycles. The van der Waals surface area contributed by atoms with Crippen LogP contribution in [0.2, 0.25) is 10.0 Å². The van der Waals surface area contributed by atoms with Gasteiger partial charge in [0.2, 0.25) is 11.8 Å². The minimum atomic E-state index is -0.0785. The van der Waals surface area contributed by atoms with Crippen LogP contribution in [0, 0.1) is 6.92 Å². The predicted octanol–water partition coefficient (Wildman–Crippen LogP) is 3.90. The summed E-state index contributed by atoms with van der Waals surface area (Å²) in [5.74, 6) is 1.90. The van der Waals surface area contributed by atoms with Gasteiger partial charge in [-0.05, 0) is 37.3 Å². The van der Waals surface area contributed by atoms with Gasteiger partial charge in [0.1, 0.15) is 5.76 Å². The van der Waals surface area contributed by atoms with E-state index < -0.39 is 0 Å². The Labute approximate surface area is 171 Å². The van der Waals surface area contributed by atoms with Crippen LogP contribution in [0.1, 0.15) is 22.2 Å². The van der Waals surface area contributed by atoms with E-state index in [-0.39, 0.29) is 5.91 Å². The quantitative estimate of drug-likeness (QED) is 0.636. The number of piperazine rings is 1. The maximum absolute atomic E-state index is 12.4. The van der Waals surface area contributed by atoms with Crippen LogP contribution in [-0.2, 0) is 6.54 Å². The van der Waals surface area contributed by atoms with Crippen molar-refractivity contribution >= 4 is 29.1 Å². The third kappa shape index (κ3) is 4.06. The van der Waals surface area contributed by atoms with Crippen LogP contribution in [-0.4, -0.2) is 52.1 Å². The molecule has 0 radical (unpaired) electrons. The lowest BCUT2D eigenvalue weighted by Crippen LogP contribution is -2.48. The molecule has 0 unspecified atom stereocenters. The fourth-order valence-electron chi connectivity index (χ4n) is 3.09. The first-order valence-corrected chi connectivity index (χ1v) is 9.61. The maximum Gasteiger partial charge on any atom is 0.289 e. The molecule has 0 bridgehead atoms. The van der Waals surface area contributed by atoms with E-state index in [1.54, 1.807) is 35.2 Å². The topological polar surface area (TPSA) is 75.6 Å². The summed E-state index contributed by atoms with van der Waals surface area (Å²) in [7, 11) is 0. The standard InChI is InChI=1S/C19H18Cl2N4O3/c1-12-2-5-16(27-12)19(26)25-8-6-24(7-9-25)11-17-22-23-18(28-17)14-4-3-13(20)10-15(14)21/h2-5,10H,6-9,11H2,1H3. The summed E-state index contributed by atoms with van der Waals surface area (Å²) >= 11 is 12.1. The number of halogens is 2. The molecular formula is C19H18Cl2N4O3. The third-order valence-electron chi connectivity index (χ3n) is 4.60. The fourth-order valence-corrected chi connectivity index (χ4v) is 3.58. The van der Waals surface area contributed by atoms with E-state index in [1.807, 2.05) is 6.92 Å². The fraction of sp³-hybridized carbons (Fsp3) is 0.316. The van der Waals surface area contributed by atoms with Crippen LogP contribution in [0.15, 0.2) is 39.2 Å². The SMILES string of the molecule is Cc1ccc(C(=O)N2CCN(Cc3nnc(-c4ccc(Cl)cc4Cl)o3)CC2)o1. The third-order valence-corrected chi connectivity index (χ3v) is 5.15. The van der Waals surface area contributed by atoms with E-state index in [1.165, 1.54) is 0 Å². The first kappa shape index (κ1) is 19.0. The van der Waals surface area contributed by atoms with Gasteiger partial charge in [-0.3, -0.25) is 9.69 Å². The molecule has 1 aromatic carbocycles. The molecule has 0 spiro atoms. The molecule has 0 aliphatic carbocycles. The Morgan fingerprint density at radius 1 is 1.07 bits per heavy atom. The molecule has 1 aliphatic heterocycles. The van der Waals surface area contributed by atoms with Crippen molar-refractivity contribution in [1.29, 1.82) is 0 Å². The summed E-state index contributed by atoms with van der Waals surface area (Å²) < 4.78 is 11.2. The minimum Gasteiger partial charge on any atom is -0.456 e. The normalized spacial score (nSPS) is 15.2. The molecular weight excluding hydrogens is 403 g/mol. The average Bonchev–Trinajstić information content (AvgIpc) is 3.31. The number of hydrogen-bond donors (Lipinski definition) is 0. The highest BCUT2D eigenvalue weighted by Gasteiger charge is 2.25.